The van der Waals surface area contributed by atoms with Gasteiger partial charge in [-0.1, -0.05) is 0 Å². The summed E-state index contributed by atoms with van der Waals surface area (Å²) in [5.74, 6) is 0. The molecule has 1 aliphatic heterocycles. The molecule has 0 bridgehead atoms. The monoisotopic (exact) mass is 234 g/mol. The van der Waals surface area contributed by atoms with Crippen molar-refractivity contribution in [2.24, 2.45) is 0 Å². The number of hydrogen-bond donors (Lipinski definition) is 1. The summed E-state index contributed by atoms with van der Waals surface area (Å²) in [7, 11) is 6.50. The van der Waals surface area contributed by atoms with E-state index >= 15 is 0 Å². The van der Waals surface area contributed by atoms with Crippen LogP contribution in [0.2, 0.25) is 0 Å². The maximum atomic E-state index is 4.10. The van der Waals surface area contributed by atoms with Gasteiger partial charge in [0, 0.05) is 38.1 Å². The van der Waals surface area contributed by atoms with Gasteiger partial charge in [0.05, 0.1) is 6.04 Å². The number of aromatic nitrogens is 1. The van der Waals surface area contributed by atoms with Crippen molar-refractivity contribution in [3.05, 3.63) is 30.1 Å². The molecule has 17 heavy (non-hydrogen) atoms. The molecule has 4 heteroatoms. The third kappa shape index (κ3) is 2.83. The molecule has 2 unspecified atom stereocenters. The predicted octanol–water partition coefficient (Wildman–Crippen LogP) is 0.588. The molecular formula is C13H22N4. The van der Waals surface area contributed by atoms with Gasteiger partial charge in [0.1, 0.15) is 0 Å². The average Bonchev–Trinajstić information content (AvgIpc) is 2.33. The molecule has 1 N–H and O–H groups in total. The molecule has 1 saturated heterocycles. The number of likely N-dealkylation sites (N-methyl/N-ethyl adjacent to an activating group) is 2. The molecule has 2 heterocycles. The first-order valence-corrected chi connectivity index (χ1v) is 6.17. The summed E-state index contributed by atoms with van der Waals surface area (Å²) < 4.78 is 0. The molecule has 1 fully saturated rings. The van der Waals surface area contributed by atoms with E-state index in [4.69, 9.17) is 0 Å². The molecule has 94 valence electrons. The maximum absolute atomic E-state index is 4.10. The van der Waals surface area contributed by atoms with E-state index in [1.165, 1.54) is 5.56 Å². The molecule has 1 aromatic rings. The lowest BCUT2D eigenvalue weighted by atomic mass is 9.97. The summed E-state index contributed by atoms with van der Waals surface area (Å²) in [6.45, 7) is 3.24. The molecule has 1 aromatic heterocycles. The Labute approximate surface area is 104 Å². The van der Waals surface area contributed by atoms with Crippen molar-refractivity contribution in [1.82, 2.24) is 20.1 Å². The summed E-state index contributed by atoms with van der Waals surface area (Å²) >= 11 is 0. The Bertz CT molecular complexity index is 339. The summed E-state index contributed by atoms with van der Waals surface area (Å²) in [5, 5.41) is 3.49. The molecule has 2 atom stereocenters. The number of hydrogen-bond acceptors (Lipinski definition) is 4. The Morgan fingerprint density at radius 1 is 1.41 bits per heavy atom. The first-order valence-electron chi connectivity index (χ1n) is 6.17. The van der Waals surface area contributed by atoms with Crippen LogP contribution in [0.5, 0.6) is 0 Å². The van der Waals surface area contributed by atoms with Gasteiger partial charge in [0.2, 0.25) is 0 Å². The van der Waals surface area contributed by atoms with Gasteiger partial charge in [-0.15, -0.1) is 0 Å². The zero-order valence-electron chi connectivity index (χ0n) is 10.9. The highest BCUT2D eigenvalue weighted by Gasteiger charge is 2.30. The van der Waals surface area contributed by atoms with Gasteiger partial charge in [-0.05, 0) is 38.8 Å². The second kappa shape index (κ2) is 5.58. The summed E-state index contributed by atoms with van der Waals surface area (Å²) in [5.41, 5.74) is 1.34. The molecule has 0 aromatic carbocycles. The number of pyridine rings is 1. The number of nitrogens with zero attached hydrogens (tertiary/aromatic N) is 3. The van der Waals surface area contributed by atoms with Gasteiger partial charge in [0.15, 0.2) is 0 Å². The lowest BCUT2D eigenvalue weighted by Gasteiger charge is -2.41. The van der Waals surface area contributed by atoms with Crippen LogP contribution in [0.3, 0.4) is 0 Å². The van der Waals surface area contributed by atoms with Gasteiger partial charge >= 0.3 is 0 Å². The fourth-order valence-electron chi connectivity index (χ4n) is 2.60. The molecule has 0 spiro atoms. The van der Waals surface area contributed by atoms with Crippen molar-refractivity contribution in [2.45, 2.75) is 12.1 Å². The van der Waals surface area contributed by atoms with E-state index in [0.29, 0.717) is 12.1 Å². The lowest BCUT2D eigenvalue weighted by Crippen LogP contribution is -2.54. The molecule has 0 saturated carbocycles. The number of nitrogens with one attached hydrogen (secondary N) is 1. The minimum absolute atomic E-state index is 0.413. The largest absolute Gasteiger partial charge is 0.314 e. The first-order chi connectivity index (χ1) is 8.20. The fourth-order valence-corrected chi connectivity index (χ4v) is 2.60. The minimum atomic E-state index is 0.413. The van der Waals surface area contributed by atoms with Crippen LogP contribution in [-0.4, -0.2) is 61.6 Å². The van der Waals surface area contributed by atoms with Crippen LogP contribution in [0, 0.1) is 0 Å². The zero-order valence-corrected chi connectivity index (χ0v) is 10.9. The summed E-state index contributed by atoms with van der Waals surface area (Å²) in [4.78, 5) is 8.84. The van der Waals surface area contributed by atoms with E-state index in [9.17, 15) is 0 Å². The Morgan fingerprint density at radius 3 is 2.71 bits per heavy atom. The molecule has 4 nitrogen and oxygen atoms in total. The quantitative estimate of drug-likeness (QED) is 0.829. The molecule has 0 amide bonds. The van der Waals surface area contributed by atoms with Gasteiger partial charge in [-0.2, -0.15) is 0 Å². The lowest BCUT2D eigenvalue weighted by molar-refractivity contribution is 0.107. The van der Waals surface area contributed by atoms with Crippen molar-refractivity contribution in [3.8, 4) is 0 Å². The molecule has 0 aliphatic carbocycles. The van der Waals surface area contributed by atoms with Gasteiger partial charge in [-0.3, -0.25) is 9.88 Å². The number of rotatable bonds is 3. The van der Waals surface area contributed by atoms with Crippen molar-refractivity contribution < 1.29 is 0 Å². The highest BCUT2D eigenvalue weighted by Crippen LogP contribution is 2.25. The standard InChI is InChI=1S/C13H22N4/c1-16(2)13(11-4-6-14-7-5-11)12-10-15-8-9-17(12)3/h4-7,12-13,15H,8-10H2,1-3H3. The van der Waals surface area contributed by atoms with Crippen LogP contribution in [0.1, 0.15) is 11.6 Å². The van der Waals surface area contributed by atoms with E-state index in [2.05, 4.69) is 53.4 Å². The fraction of sp³-hybridized carbons (Fsp3) is 0.615. The third-order valence-electron chi connectivity index (χ3n) is 3.53. The van der Waals surface area contributed by atoms with Crippen molar-refractivity contribution >= 4 is 0 Å². The second-order valence-corrected chi connectivity index (χ2v) is 4.94. The SMILES string of the molecule is CN(C)C(c1ccncc1)C1CNCCN1C. The highest BCUT2D eigenvalue weighted by molar-refractivity contribution is 5.18. The molecule has 2 rings (SSSR count). The third-order valence-corrected chi connectivity index (χ3v) is 3.53. The van der Waals surface area contributed by atoms with E-state index in [1.54, 1.807) is 0 Å². The minimum Gasteiger partial charge on any atom is -0.314 e. The Kier molecular flexibility index (Phi) is 4.10. The summed E-state index contributed by atoms with van der Waals surface area (Å²) in [6, 6.07) is 5.16. The predicted molar refractivity (Wildman–Crippen MR) is 70.0 cm³/mol. The van der Waals surface area contributed by atoms with Crippen LogP contribution in [0.25, 0.3) is 0 Å². The molecule has 0 radical (unpaired) electrons. The van der Waals surface area contributed by atoms with Crippen LogP contribution in [0.15, 0.2) is 24.5 Å². The second-order valence-electron chi connectivity index (χ2n) is 4.94. The van der Waals surface area contributed by atoms with Gasteiger partial charge < -0.3 is 10.2 Å². The van der Waals surface area contributed by atoms with E-state index in [1.807, 2.05) is 12.4 Å². The Morgan fingerprint density at radius 2 is 2.12 bits per heavy atom. The van der Waals surface area contributed by atoms with Crippen LogP contribution in [-0.2, 0) is 0 Å². The highest BCUT2D eigenvalue weighted by atomic mass is 15.3. The maximum Gasteiger partial charge on any atom is 0.0511 e. The van der Waals surface area contributed by atoms with E-state index in [-0.39, 0.29) is 0 Å². The first kappa shape index (κ1) is 12.5. The Hall–Kier alpha value is -0.970. The van der Waals surface area contributed by atoms with E-state index < -0.39 is 0 Å². The topological polar surface area (TPSA) is 31.4 Å². The van der Waals surface area contributed by atoms with Crippen molar-refractivity contribution in [1.29, 1.82) is 0 Å². The zero-order chi connectivity index (χ0) is 12.3. The Balaban J connectivity index is 2.22. The van der Waals surface area contributed by atoms with Crippen LogP contribution < -0.4 is 5.32 Å². The normalized spacial score (nSPS) is 23.9. The van der Waals surface area contributed by atoms with Crippen molar-refractivity contribution in [2.75, 3.05) is 40.8 Å². The van der Waals surface area contributed by atoms with Gasteiger partial charge in [0.25, 0.3) is 0 Å². The van der Waals surface area contributed by atoms with E-state index in [0.717, 1.165) is 19.6 Å². The van der Waals surface area contributed by atoms with Gasteiger partial charge in [-0.25, -0.2) is 0 Å². The van der Waals surface area contributed by atoms with Crippen LogP contribution in [0.4, 0.5) is 0 Å². The average molecular weight is 234 g/mol. The summed E-state index contributed by atoms with van der Waals surface area (Å²) in [6.07, 6.45) is 3.75. The van der Waals surface area contributed by atoms with Crippen LogP contribution >= 0.6 is 0 Å². The smallest absolute Gasteiger partial charge is 0.0511 e. The number of piperazine rings is 1. The molecule has 1 aliphatic rings. The van der Waals surface area contributed by atoms with Crippen molar-refractivity contribution in [3.63, 3.8) is 0 Å². The molecular weight excluding hydrogens is 212 g/mol.